The first kappa shape index (κ1) is 26.0. The second-order valence-electron chi connectivity index (χ2n) is 10.9. The van der Waals surface area contributed by atoms with Crippen molar-refractivity contribution in [3.05, 3.63) is 149 Å². The second kappa shape index (κ2) is 10.9. The highest BCUT2D eigenvalue weighted by molar-refractivity contribution is 5.77. The molecule has 188 valence electrons. The third-order valence-electron chi connectivity index (χ3n) is 6.99. The molecule has 4 aromatic carbocycles. The van der Waals surface area contributed by atoms with Crippen LogP contribution >= 0.6 is 0 Å². The van der Waals surface area contributed by atoms with E-state index in [1.807, 2.05) is 36.4 Å². The fourth-order valence-electron chi connectivity index (χ4n) is 5.17. The van der Waals surface area contributed by atoms with Crippen LogP contribution in [-0.2, 0) is 17.3 Å². The van der Waals surface area contributed by atoms with Crippen LogP contribution in [0.15, 0.2) is 121 Å². The van der Waals surface area contributed by atoms with Crippen molar-refractivity contribution in [3.63, 3.8) is 0 Å². The van der Waals surface area contributed by atoms with E-state index in [1.165, 1.54) is 33.4 Å². The van der Waals surface area contributed by atoms with Crippen molar-refractivity contribution < 1.29 is 0 Å². The molecule has 4 aromatic rings. The summed E-state index contributed by atoms with van der Waals surface area (Å²) in [7, 11) is 0. The minimum atomic E-state index is 0.112. The van der Waals surface area contributed by atoms with E-state index in [2.05, 4.69) is 113 Å². The van der Waals surface area contributed by atoms with Gasteiger partial charge < -0.3 is 11.5 Å². The van der Waals surface area contributed by atoms with Gasteiger partial charge in [0.1, 0.15) is 0 Å². The Morgan fingerprint density at radius 2 is 0.973 bits per heavy atom. The maximum absolute atomic E-state index is 5.88. The minimum absolute atomic E-state index is 0.112. The van der Waals surface area contributed by atoms with Crippen LogP contribution in [0.25, 0.3) is 11.3 Å². The van der Waals surface area contributed by atoms with Crippen molar-refractivity contribution in [2.75, 3.05) is 5.73 Å². The number of anilines is 1. The van der Waals surface area contributed by atoms with Crippen LogP contribution in [0.5, 0.6) is 0 Å². The predicted molar refractivity (Wildman–Crippen MR) is 160 cm³/mol. The van der Waals surface area contributed by atoms with Gasteiger partial charge in [0.15, 0.2) is 0 Å². The Kier molecular flexibility index (Phi) is 7.69. The van der Waals surface area contributed by atoms with Gasteiger partial charge in [0.05, 0.1) is 0 Å². The number of nitrogens with two attached hydrogens (primary N) is 2. The van der Waals surface area contributed by atoms with Gasteiger partial charge in [-0.1, -0.05) is 137 Å². The van der Waals surface area contributed by atoms with Gasteiger partial charge in [0, 0.05) is 27.8 Å². The quantitative estimate of drug-likeness (QED) is 0.281. The highest BCUT2D eigenvalue weighted by atomic mass is 14.6. The highest BCUT2D eigenvalue weighted by Gasteiger charge is 2.29. The summed E-state index contributed by atoms with van der Waals surface area (Å²) in [6.07, 6.45) is 5.57. The van der Waals surface area contributed by atoms with E-state index >= 15 is 0 Å². The predicted octanol–water partition coefficient (Wildman–Crippen LogP) is 8.15. The molecule has 0 amide bonds. The molecule has 0 heterocycles. The molecule has 0 aromatic heterocycles. The number of allylic oxidation sites excluding steroid dienone is 3. The van der Waals surface area contributed by atoms with E-state index in [4.69, 9.17) is 11.5 Å². The molecule has 0 atom stereocenters. The SMILES string of the molecule is CC1(C)C=C(Cc2ccccc2)c2ccccc21.CC1(C)C=C(N)c2ccccc21.Nc1ccccc1. The minimum Gasteiger partial charge on any atom is -0.399 e. The zero-order valence-electron chi connectivity index (χ0n) is 22.4. The molecule has 0 fully saturated rings. The maximum Gasteiger partial charge on any atom is 0.0359 e. The van der Waals surface area contributed by atoms with Crippen LogP contribution < -0.4 is 11.5 Å². The number of fused-ring (bicyclic) bond motifs is 2. The van der Waals surface area contributed by atoms with E-state index < -0.39 is 0 Å². The van der Waals surface area contributed by atoms with Gasteiger partial charge >= 0.3 is 0 Å². The number of rotatable bonds is 2. The van der Waals surface area contributed by atoms with Gasteiger partial charge in [-0.15, -0.1) is 0 Å². The zero-order chi connectivity index (χ0) is 26.5. The fourth-order valence-corrected chi connectivity index (χ4v) is 5.17. The molecule has 37 heavy (non-hydrogen) atoms. The van der Waals surface area contributed by atoms with Gasteiger partial charge in [-0.2, -0.15) is 0 Å². The number of benzene rings is 4. The molecule has 0 saturated heterocycles. The third kappa shape index (κ3) is 6.21. The van der Waals surface area contributed by atoms with Crippen LogP contribution in [0, 0.1) is 0 Å². The molecule has 0 bridgehead atoms. The normalized spacial score (nSPS) is 15.6. The fraction of sp³-hybridized carbons (Fsp3) is 0.200. The summed E-state index contributed by atoms with van der Waals surface area (Å²) in [5.41, 5.74) is 21.5. The van der Waals surface area contributed by atoms with Crippen molar-refractivity contribution in [1.82, 2.24) is 0 Å². The topological polar surface area (TPSA) is 52.0 Å². The van der Waals surface area contributed by atoms with E-state index in [1.54, 1.807) is 0 Å². The molecule has 2 nitrogen and oxygen atoms in total. The first-order chi connectivity index (χ1) is 17.7. The standard InChI is InChI=1S/C18H18.C11H13N.C6H7N/c1-18(2)13-15(12-14-8-4-3-5-9-14)16-10-6-7-11-17(16)18;1-11(2)7-10(12)8-5-3-4-6-9(8)11;7-6-4-2-1-3-5-6/h3-11,13H,12H2,1-2H3;3-7H,12H2,1-2H3;1-5H,7H2. The summed E-state index contributed by atoms with van der Waals surface area (Å²) in [4.78, 5) is 0. The molecule has 0 radical (unpaired) electrons. The first-order valence-corrected chi connectivity index (χ1v) is 12.9. The first-order valence-electron chi connectivity index (χ1n) is 12.9. The molecule has 0 unspecified atom stereocenters. The van der Waals surface area contributed by atoms with E-state index in [9.17, 15) is 0 Å². The van der Waals surface area contributed by atoms with Crippen LogP contribution in [0.2, 0.25) is 0 Å². The molecule has 2 heteroatoms. The zero-order valence-corrected chi connectivity index (χ0v) is 22.4. The Morgan fingerprint density at radius 1 is 0.514 bits per heavy atom. The van der Waals surface area contributed by atoms with Gasteiger partial charge in [0.25, 0.3) is 0 Å². The maximum atomic E-state index is 5.88. The summed E-state index contributed by atoms with van der Waals surface area (Å²) in [6.45, 7) is 8.96. The van der Waals surface area contributed by atoms with Crippen LogP contribution in [0.3, 0.4) is 0 Å². The molecule has 2 aliphatic carbocycles. The lowest BCUT2D eigenvalue weighted by Crippen LogP contribution is -2.10. The molecule has 0 spiro atoms. The van der Waals surface area contributed by atoms with Gasteiger partial charge in [-0.3, -0.25) is 0 Å². The molecular weight excluding hydrogens is 448 g/mol. The van der Waals surface area contributed by atoms with E-state index in [0.29, 0.717) is 0 Å². The lowest BCUT2D eigenvalue weighted by molar-refractivity contribution is 0.683. The second-order valence-corrected chi connectivity index (χ2v) is 10.9. The average Bonchev–Trinajstić information content (AvgIpc) is 3.29. The Morgan fingerprint density at radius 3 is 1.51 bits per heavy atom. The molecule has 2 aliphatic rings. The molecular formula is C35H38N2. The van der Waals surface area contributed by atoms with E-state index in [-0.39, 0.29) is 10.8 Å². The molecule has 0 aliphatic heterocycles. The van der Waals surface area contributed by atoms with Crippen molar-refractivity contribution >= 4 is 17.0 Å². The Bertz CT molecular complexity index is 1390. The Labute approximate surface area is 222 Å². The summed E-state index contributed by atoms with van der Waals surface area (Å²) in [5, 5.41) is 0. The van der Waals surface area contributed by atoms with Crippen molar-refractivity contribution in [2.24, 2.45) is 5.73 Å². The monoisotopic (exact) mass is 486 g/mol. The average molecular weight is 487 g/mol. The van der Waals surface area contributed by atoms with Gasteiger partial charge in [-0.25, -0.2) is 0 Å². The smallest absolute Gasteiger partial charge is 0.0359 e. The van der Waals surface area contributed by atoms with Gasteiger partial charge in [-0.05, 0) is 46.4 Å². The number of para-hydroxylation sites is 1. The summed E-state index contributed by atoms with van der Waals surface area (Å²) in [5.74, 6) is 0. The summed E-state index contributed by atoms with van der Waals surface area (Å²) < 4.78 is 0. The van der Waals surface area contributed by atoms with Crippen molar-refractivity contribution in [2.45, 2.75) is 44.9 Å². The molecule has 0 saturated carbocycles. The number of nitrogen functional groups attached to an aromatic ring is 1. The largest absolute Gasteiger partial charge is 0.399 e. The lowest BCUT2D eigenvalue weighted by Gasteiger charge is -2.16. The Balaban J connectivity index is 0.000000144. The van der Waals surface area contributed by atoms with Crippen LogP contribution in [0.4, 0.5) is 5.69 Å². The summed E-state index contributed by atoms with van der Waals surface area (Å²) >= 11 is 0. The number of hydrogen-bond acceptors (Lipinski definition) is 2. The molecule has 4 N–H and O–H groups in total. The Hall–Kier alpha value is -4.04. The molecule has 6 rings (SSSR count). The highest BCUT2D eigenvalue weighted by Crippen LogP contribution is 2.41. The summed E-state index contributed by atoms with van der Waals surface area (Å²) in [6, 6.07) is 37.3. The van der Waals surface area contributed by atoms with E-state index in [0.717, 1.165) is 17.8 Å². The van der Waals surface area contributed by atoms with Crippen molar-refractivity contribution in [3.8, 4) is 0 Å². The van der Waals surface area contributed by atoms with Gasteiger partial charge in [0.2, 0.25) is 0 Å². The van der Waals surface area contributed by atoms with Crippen molar-refractivity contribution in [1.29, 1.82) is 0 Å². The van der Waals surface area contributed by atoms with Crippen LogP contribution in [-0.4, -0.2) is 0 Å². The lowest BCUT2D eigenvalue weighted by atomic mass is 9.87. The van der Waals surface area contributed by atoms with Crippen LogP contribution in [0.1, 0.15) is 55.5 Å². The number of hydrogen-bond donors (Lipinski definition) is 2. The third-order valence-corrected chi connectivity index (χ3v) is 6.99.